The molecule has 0 atom stereocenters. The molecule has 0 bridgehead atoms. The van der Waals surface area contributed by atoms with Crippen LogP contribution in [0.2, 0.25) is 0 Å². The van der Waals surface area contributed by atoms with Crippen molar-refractivity contribution in [1.82, 2.24) is 10.3 Å². The maximum Gasteiger partial charge on any atom is 0.194 e. The number of halogens is 1. The minimum Gasteiger partial charge on any atom is -0.440 e. The molecule has 2 aromatic heterocycles. The molecule has 0 unspecified atom stereocenters. The summed E-state index contributed by atoms with van der Waals surface area (Å²) in [5, 5.41) is 3.50. The third-order valence-electron chi connectivity index (χ3n) is 3.23. The Morgan fingerprint density at radius 2 is 2.37 bits per heavy atom. The Balaban J connectivity index is 1.55. The zero-order chi connectivity index (χ0) is 13.2. The van der Waals surface area contributed by atoms with Crippen LogP contribution in [0.25, 0.3) is 10.6 Å². The minimum atomic E-state index is 0.784. The van der Waals surface area contributed by atoms with Crippen molar-refractivity contribution in [3.63, 3.8) is 0 Å². The van der Waals surface area contributed by atoms with Crippen LogP contribution < -0.4 is 5.32 Å². The first-order valence-electron chi connectivity index (χ1n) is 6.67. The van der Waals surface area contributed by atoms with Gasteiger partial charge >= 0.3 is 0 Å². The first-order valence-corrected chi connectivity index (χ1v) is 8.28. The highest BCUT2D eigenvalue weighted by Crippen LogP contribution is 2.35. The zero-order valence-electron chi connectivity index (χ0n) is 10.9. The number of thiophene rings is 1. The molecule has 0 aromatic carbocycles. The molecule has 0 spiro atoms. The molecule has 2 heterocycles. The van der Waals surface area contributed by atoms with Gasteiger partial charge in [-0.25, -0.2) is 4.98 Å². The molecule has 0 radical (unpaired) electrons. The number of aromatic nitrogens is 1. The Kier molecular flexibility index (Phi) is 4.05. The summed E-state index contributed by atoms with van der Waals surface area (Å²) in [4.78, 5) is 5.50. The van der Waals surface area contributed by atoms with E-state index in [0.717, 1.165) is 45.7 Å². The minimum absolute atomic E-state index is 0.784. The van der Waals surface area contributed by atoms with Crippen molar-refractivity contribution >= 4 is 27.3 Å². The highest BCUT2D eigenvalue weighted by molar-refractivity contribution is 9.11. The van der Waals surface area contributed by atoms with E-state index in [1.165, 1.54) is 18.4 Å². The predicted octanol–water partition coefficient (Wildman–Crippen LogP) is 4.16. The first-order chi connectivity index (χ1) is 9.22. The largest absolute Gasteiger partial charge is 0.440 e. The molecule has 3 rings (SSSR count). The fourth-order valence-electron chi connectivity index (χ4n) is 1.95. The van der Waals surface area contributed by atoms with Gasteiger partial charge in [-0.15, -0.1) is 11.3 Å². The van der Waals surface area contributed by atoms with E-state index in [1.54, 1.807) is 11.3 Å². The number of nitrogens with one attached hydrogen (secondary N) is 1. The molecule has 0 amide bonds. The molecule has 1 N–H and O–H groups in total. The highest BCUT2D eigenvalue weighted by Gasteiger charge is 2.19. The van der Waals surface area contributed by atoms with Gasteiger partial charge in [0.2, 0.25) is 0 Å². The van der Waals surface area contributed by atoms with E-state index in [1.807, 2.05) is 6.20 Å². The quantitative estimate of drug-likeness (QED) is 0.802. The highest BCUT2D eigenvalue weighted by atomic mass is 79.9. The number of aryl methyl sites for hydroxylation is 2. The monoisotopic (exact) mass is 340 g/mol. The molecule has 1 aliphatic carbocycles. The number of nitrogens with zero attached hydrogens (tertiary/aromatic N) is 1. The fourth-order valence-corrected chi connectivity index (χ4v) is 3.44. The molecule has 0 aliphatic heterocycles. The van der Waals surface area contributed by atoms with E-state index in [9.17, 15) is 0 Å². The topological polar surface area (TPSA) is 38.1 Å². The molecular weight excluding hydrogens is 324 g/mol. The second-order valence-corrected chi connectivity index (χ2v) is 7.39. The van der Waals surface area contributed by atoms with Crippen LogP contribution in [0.5, 0.6) is 0 Å². The van der Waals surface area contributed by atoms with Gasteiger partial charge in [-0.2, -0.15) is 0 Å². The second kappa shape index (κ2) is 5.77. The summed E-state index contributed by atoms with van der Waals surface area (Å²) >= 11 is 5.23. The Hall–Kier alpha value is -0.650. The molecule has 19 heavy (non-hydrogen) atoms. The Labute approximate surface area is 125 Å². The maximum absolute atomic E-state index is 5.81. The summed E-state index contributed by atoms with van der Waals surface area (Å²) in [5.74, 6) is 1.72. The van der Waals surface area contributed by atoms with E-state index >= 15 is 0 Å². The zero-order valence-corrected chi connectivity index (χ0v) is 13.3. The van der Waals surface area contributed by atoms with Crippen molar-refractivity contribution < 1.29 is 4.42 Å². The Bertz CT molecular complexity index is 540. The van der Waals surface area contributed by atoms with Crippen LogP contribution in [0.3, 0.4) is 0 Å². The van der Waals surface area contributed by atoms with Crippen LogP contribution in [0, 0.1) is 6.92 Å². The van der Waals surface area contributed by atoms with Crippen LogP contribution in [-0.2, 0) is 6.42 Å². The van der Waals surface area contributed by atoms with Crippen LogP contribution in [-0.4, -0.2) is 17.6 Å². The molecule has 0 saturated heterocycles. The van der Waals surface area contributed by atoms with Gasteiger partial charge in [0, 0.05) is 12.5 Å². The van der Waals surface area contributed by atoms with E-state index < -0.39 is 0 Å². The van der Waals surface area contributed by atoms with Gasteiger partial charge in [-0.3, -0.25) is 0 Å². The predicted molar refractivity (Wildman–Crippen MR) is 81.6 cm³/mol. The molecule has 1 fully saturated rings. The third kappa shape index (κ3) is 3.46. The fraction of sp³-hybridized carbons (Fsp3) is 0.500. The molecule has 1 aliphatic rings. The summed E-state index contributed by atoms with van der Waals surface area (Å²) < 4.78 is 6.97. The van der Waals surface area contributed by atoms with Crippen LogP contribution in [0.1, 0.15) is 30.7 Å². The summed E-state index contributed by atoms with van der Waals surface area (Å²) in [7, 11) is 0. The molecular formula is C14H17BrN2OS. The van der Waals surface area contributed by atoms with Gasteiger partial charge in [-0.05, 0) is 60.3 Å². The average Bonchev–Trinajstić information content (AvgIpc) is 2.99. The van der Waals surface area contributed by atoms with Gasteiger partial charge in [0.05, 0.1) is 14.9 Å². The van der Waals surface area contributed by atoms with E-state index in [4.69, 9.17) is 4.42 Å². The van der Waals surface area contributed by atoms with E-state index in [2.05, 4.69) is 39.2 Å². The second-order valence-electron chi connectivity index (χ2n) is 5.02. The van der Waals surface area contributed by atoms with E-state index in [-0.39, 0.29) is 0 Å². The Morgan fingerprint density at radius 3 is 3.05 bits per heavy atom. The molecule has 102 valence electrons. The molecule has 1 saturated carbocycles. The van der Waals surface area contributed by atoms with Crippen LogP contribution in [0.4, 0.5) is 0 Å². The first kappa shape index (κ1) is 13.3. The van der Waals surface area contributed by atoms with Crippen molar-refractivity contribution in [1.29, 1.82) is 0 Å². The van der Waals surface area contributed by atoms with Crippen LogP contribution >= 0.6 is 27.3 Å². The smallest absolute Gasteiger partial charge is 0.194 e. The van der Waals surface area contributed by atoms with Crippen molar-refractivity contribution in [2.75, 3.05) is 6.54 Å². The molecule has 2 aromatic rings. The van der Waals surface area contributed by atoms with Crippen molar-refractivity contribution in [3.8, 4) is 10.6 Å². The van der Waals surface area contributed by atoms with Crippen LogP contribution in [0.15, 0.2) is 20.5 Å². The van der Waals surface area contributed by atoms with Gasteiger partial charge < -0.3 is 9.73 Å². The number of hydrogen-bond acceptors (Lipinski definition) is 4. The van der Waals surface area contributed by atoms with Gasteiger partial charge in [0.25, 0.3) is 0 Å². The van der Waals surface area contributed by atoms with E-state index in [0.29, 0.717) is 0 Å². The SMILES string of the molecule is Cc1cc(-c2cnc(CCCNC3CC3)o2)sc1Br. The van der Waals surface area contributed by atoms with Gasteiger partial charge in [-0.1, -0.05) is 0 Å². The van der Waals surface area contributed by atoms with Gasteiger partial charge in [0.1, 0.15) is 0 Å². The van der Waals surface area contributed by atoms with Gasteiger partial charge in [0.15, 0.2) is 11.7 Å². The number of oxazole rings is 1. The van der Waals surface area contributed by atoms with Crippen molar-refractivity contribution in [3.05, 3.63) is 27.5 Å². The standard InChI is InChI=1S/C14H17BrN2OS/c1-9-7-12(19-14(9)15)11-8-17-13(18-11)3-2-6-16-10-4-5-10/h7-8,10,16H,2-6H2,1H3. The Morgan fingerprint density at radius 1 is 1.53 bits per heavy atom. The lowest BCUT2D eigenvalue weighted by Gasteiger charge is -1.99. The lowest BCUT2D eigenvalue weighted by atomic mass is 10.3. The maximum atomic E-state index is 5.81. The lowest BCUT2D eigenvalue weighted by Crippen LogP contribution is -2.17. The number of hydrogen-bond donors (Lipinski definition) is 1. The van der Waals surface area contributed by atoms with Crippen molar-refractivity contribution in [2.45, 2.75) is 38.6 Å². The van der Waals surface area contributed by atoms with Crippen molar-refractivity contribution in [2.24, 2.45) is 0 Å². The average molecular weight is 341 g/mol. The normalized spacial score (nSPS) is 15.1. The third-order valence-corrected chi connectivity index (χ3v) is 5.38. The summed E-state index contributed by atoms with van der Waals surface area (Å²) in [6, 6.07) is 2.92. The molecule has 3 nitrogen and oxygen atoms in total. The summed E-state index contributed by atoms with van der Waals surface area (Å²) in [6.45, 7) is 3.15. The molecule has 5 heteroatoms. The summed E-state index contributed by atoms with van der Waals surface area (Å²) in [5.41, 5.74) is 1.24. The number of rotatable bonds is 6. The summed E-state index contributed by atoms with van der Waals surface area (Å²) in [6.07, 6.45) is 6.52. The lowest BCUT2D eigenvalue weighted by molar-refractivity contribution is 0.492.